The molecule has 0 aliphatic rings. The number of pyridine rings is 2. The van der Waals surface area contributed by atoms with E-state index in [0.717, 1.165) is 4.52 Å². The average Bonchev–Trinajstić information content (AvgIpc) is 3.05. The van der Waals surface area contributed by atoms with E-state index < -0.39 is 23.7 Å². The van der Waals surface area contributed by atoms with Gasteiger partial charge in [-0.05, 0) is 18.2 Å². The van der Waals surface area contributed by atoms with Crippen molar-refractivity contribution in [1.82, 2.24) is 19.9 Å². The van der Waals surface area contributed by atoms with Crippen LogP contribution >= 0.6 is 23.2 Å². The standard InChI is InChI=1S/C16H9Cl2F3N4O3/c17-9-5-22-6-10(18)13(9)14(26)8-2-1-7(4-23-15(27)28)25-11(8)3-12(24-25)16(19,20)21/h1-3,5-6,23H,4H2,(H,27,28). The molecule has 3 aromatic heterocycles. The number of carbonyl (C=O) groups excluding carboxylic acids is 1. The van der Waals surface area contributed by atoms with E-state index in [0.29, 0.717) is 6.07 Å². The SMILES string of the molecule is O=C(O)NCc1ccc(C(=O)c2c(Cl)cncc2Cl)c2cc(C(F)(F)F)nn12. The highest BCUT2D eigenvalue weighted by Crippen LogP contribution is 2.32. The van der Waals surface area contributed by atoms with Crippen molar-refractivity contribution in [2.75, 3.05) is 0 Å². The molecule has 2 N–H and O–H groups in total. The minimum Gasteiger partial charge on any atom is -0.465 e. The fraction of sp³-hybridized carbons (Fsp3) is 0.125. The van der Waals surface area contributed by atoms with E-state index >= 15 is 0 Å². The van der Waals surface area contributed by atoms with Crippen molar-refractivity contribution in [1.29, 1.82) is 0 Å². The van der Waals surface area contributed by atoms with Gasteiger partial charge in [0, 0.05) is 18.0 Å². The molecule has 3 rings (SSSR count). The Balaban J connectivity index is 2.21. The quantitative estimate of drug-likeness (QED) is 0.606. The van der Waals surface area contributed by atoms with E-state index in [1.807, 2.05) is 5.32 Å². The molecule has 0 bridgehead atoms. The Labute approximate surface area is 164 Å². The monoisotopic (exact) mass is 432 g/mol. The lowest BCUT2D eigenvalue weighted by Crippen LogP contribution is -2.22. The van der Waals surface area contributed by atoms with Crippen LogP contribution < -0.4 is 5.32 Å². The van der Waals surface area contributed by atoms with Gasteiger partial charge in [-0.15, -0.1) is 0 Å². The van der Waals surface area contributed by atoms with Crippen LogP contribution in [0.15, 0.2) is 30.6 Å². The summed E-state index contributed by atoms with van der Waals surface area (Å²) in [4.78, 5) is 27.3. The predicted octanol–water partition coefficient (Wildman–Crippen LogP) is 4.05. The number of amides is 1. The summed E-state index contributed by atoms with van der Waals surface area (Å²) >= 11 is 11.9. The average molecular weight is 433 g/mol. The molecule has 0 atom stereocenters. The van der Waals surface area contributed by atoms with E-state index in [2.05, 4.69) is 10.1 Å². The van der Waals surface area contributed by atoms with Crippen LogP contribution in [0.4, 0.5) is 18.0 Å². The summed E-state index contributed by atoms with van der Waals surface area (Å²) in [5.41, 5.74) is -1.58. The third-order valence-electron chi connectivity index (χ3n) is 3.74. The second-order valence-corrected chi connectivity index (χ2v) is 6.34. The number of nitrogens with one attached hydrogen (secondary N) is 1. The van der Waals surface area contributed by atoms with E-state index in [-0.39, 0.29) is 38.9 Å². The van der Waals surface area contributed by atoms with Crippen LogP contribution in [-0.2, 0) is 12.7 Å². The van der Waals surface area contributed by atoms with Crippen LogP contribution in [-0.4, -0.2) is 31.6 Å². The summed E-state index contributed by atoms with van der Waals surface area (Å²) in [5.74, 6) is -0.728. The molecule has 146 valence electrons. The van der Waals surface area contributed by atoms with Gasteiger partial charge in [0.15, 0.2) is 11.5 Å². The Morgan fingerprint density at radius 1 is 1.18 bits per heavy atom. The zero-order chi connectivity index (χ0) is 20.6. The second-order valence-electron chi connectivity index (χ2n) is 5.53. The second kappa shape index (κ2) is 7.28. The summed E-state index contributed by atoms with van der Waals surface area (Å²) in [6.45, 7) is -0.323. The lowest BCUT2D eigenvalue weighted by atomic mass is 10.0. The van der Waals surface area contributed by atoms with Crippen LogP contribution in [0.2, 0.25) is 10.0 Å². The number of aromatic nitrogens is 3. The minimum atomic E-state index is -4.77. The molecule has 1 amide bonds. The molecular weight excluding hydrogens is 424 g/mol. The Bertz CT molecular complexity index is 1080. The smallest absolute Gasteiger partial charge is 0.435 e. The van der Waals surface area contributed by atoms with E-state index in [1.165, 1.54) is 24.5 Å². The lowest BCUT2D eigenvalue weighted by Gasteiger charge is -2.10. The van der Waals surface area contributed by atoms with Crippen LogP contribution in [0.1, 0.15) is 27.3 Å². The Morgan fingerprint density at radius 2 is 1.82 bits per heavy atom. The van der Waals surface area contributed by atoms with Gasteiger partial charge in [0.2, 0.25) is 0 Å². The molecule has 12 heteroatoms. The minimum absolute atomic E-state index is 0.0668. The predicted molar refractivity (Wildman–Crippen MR) is 92.7 cm³/mol. The number of fused-ring (bicyclic) bond motifs is 1. The lowest BCUT2D eigenvalue weighted by molar-refractivity contribution is -0.141. The first-order chi connectivity index (χ1) is 13.1. The van der Waals surface area contributed by atoms with Crippen LogP contribution in [0.25, 0.3) is 5.52 Å². The van der Waals surface area contributed by atoms with Crippen molar-refractivity contribution in [2.24, 2.45) is 0 Å². The first kappa shape index (κ1) is 19.9. The molecule has 3 aromatic rings. The molecule has 3 heterocycles. The number of nitrogens with zero attached hydrogens (tertiary/aromatic N) is 3. The van der Waals surface area contributed by atoms with Gasteiger partial charge in [-0.2, -0.15) is 18.3 Å². The maximum Gasteiger partial charge on any atom is 0.435 e. The number of carbonyl (C=O) groups is 2. The van der Waals surface area contributed by atoms with Crippen molar-refractivity contribution in [3.05, 3.63) is 63.2 Å². The zero-order valence-corrected chi connectivity index (χ0v) is 15.1. The first-order valence-electron chi connectivity index (χ1n) is 7.49. The molecular formula is C16H9Cl2F3N4O3. The normalized spacial score (nSPS) is 11.6. The summed E-state index contributed by atoms with van der Waals surface area (Å²) in [6.07, 6.45) is -3.77. The number of halogens is 5. The topological polar surface area (TPSA) is 96.6 Å². The van der Waals surface area contributed by atoms with Crippen molar-refractivity contribution >= 4 is 40.6 Å². The van der Waals surface area contributed by atoms with Crippen molar-refractivity contribution in [2.45, 2.75) is 12.7 Å². The summed E-state index contributed by atoms with van der Waals surface area (Å²) < 4.78 is 40.3. The van der Waals surface area contributed by atoms with Gasteiger partial charge in [-0.1, -0.05) is 23.2 Å². The van der Waals surface area contributed by atoms with E-state index in [9.17, 15) is 22.8 Å². The van der Waals surface area contributed by atoms with Crippen LogP contribution in [0, 0.1) is 0 Å². The molecule has 0 radical (unpaired) electrons. The molecule has 0 aliphatic carbocycles. The number of rotatable bonds is 4. The van der Waals surface area contributed by atoms with Crippen LogP contribution in [0.3, 0.4) is 0 Å². The Hall–Kier alpha value is -2.85. The molecule has 7 nitrogen and oxygen atoms in total. The number of hydrogen-bond donors (Lipinski definition) is 2. The van der Waals surface area contributed by atoms with Gasteiger partial charge in [-0.25, -0.2) is 9.31 Å². The molecule has 28 heavy (non-hydrogen) atoms. The maximum atomic E-state index is 13.1. The summed E-state index contributed by atoms with van der Waals surface area (Å²) in [5, 5.41) is 14.1. The van der Waals surface area contributed by atoms with Crippen LogP contribution in [0.5, 0.6) is 0 Å². The fourth-order valence-electron chi connectivity index (χ4n) is 2.52. The molecule has 0 saturated carbocycles. The number of carboxylic acid groups (broad SMARTS) is 1. The largest absolute Gasteiger partial charge is 0.465 e. The van der Waals surface area contributed by atoms with E-state index in [4.69, 9.17) is 28.3 Å². The molecule has 0 spiro atoms. The van der Waals surface area contributed by atoms with Gasteiger partial charge >= 0.3 is 12.3 Å². The Morgan fingerprint density at radius 3 is 2.39 bits per heavy atom. The number of ketones is 1. The number of hydrogen-bond acceptors (Lipinski definition) is 4. The molecule has 0 unspecified atom stereocenters. The van der Waals surface area contributed by atoms with Crippen molar-refractivity contribution < 1.29 is 27.9 Å². The highest BCUT2D eigenvalue weighted by atomic mass is 35.5. The highest BCUT2D eigenvalue weighted by molar-refractivity contribution is 6.41. The zero-order valence-electron chi connectivity index (χ0n) is 13.6. The molecule has 0 fully saturated rings. The highest BCUT2D eigenvalue weighted by Gasteiger charge is 2.35. The van der Waals surface area contributed by atoms with Crippen molar-refractivity contribution in [3.8, 4) is 0 Å². The third-order valence-corrected chi connectivity index (χ3v) is 4.31. The van der Waals surface area contributed by atoms with Gasteiger partial charge in [0.05, 0.1) is 33.4 Å². The van der Waals surface area contributed by atoms with E-state index in [1.54, 1.807) is 0 Å². The maximum absolute atomic E-state index is 13.1. The van der Waals surface area contributed by atoms with Gasteiger partial charge in [-0.3, -0.25) is 9.78 Å². The summed E-state index contributed by atoms with van der Waals surface area (Å²) in [7, 11) is 0. The third kappa shape index (κ3) is 3.73. The van der Waals surface area contributed by atoms with Gasteiger partial charge in [0.25, 0.3) is 0 Å². The van der Waals surface area contributed by atoms with Gasteiger partial charge < -0.3 is 10.4 Å². The Kier molecular flexibility index (Phi) is 5.18. The van der Waals surface area contributed by atoms with Crippen molar-refractivity contribution in [3.63, 3.8) is 0 Å². The fourth-order valence-corrected chi connectivity index (χ4v) is 3.06. The van der Waals surface area contributed by atoms with Gasteiger partial charge in [0.1, 0.15) is 0 Å². The molecule has 0 saturated heterocycles. The molecule has 0 aliphatic heterocycles. The molecule has 0 aromatic carbocycles. The first-order valence-corrected chi connectivity index (χ1v) is 8.24. The number of alkyl halides is 3. The summed E-state index contributed by atoms with van der Waals surface area (Å²) in [6, 6.07) is 3.23.